The normalized spacial score (nSPS) is 10.5. The van der Waals surface area contributed by atoms with E-state index < -0.39 is 0 Å². The molecule has 6 nitrogen and oxygen atoms in total. The summed E-state index contributed by atoms with van der Waals surface area (Å²) in [6, 6.07) is 3.97. The lowest BCUT2D eigenvalue weighted by Gasteiger charge is -2.09. The molecule has 0 fully saturated rings. The van der Waals surface area contributed by atoms with E-state index in [1.54, 1.807) is 19.3 Å². The highest BCUT2D eigenvalue weighted by molar-refractivity contribution is 5.76. The van der Waals surface area contributed by atoms with E-state index in [9.17, 15) is 9.59 Å². The highest BCUT2D eigenvalue weighted by atomic mass is 16.1. The molecular weight excluding hydrogens is 292 g/mol. The van der Waals surface area contributed by atoms with Crippen molar-refractivity contribution in [3.8, 4) is 0 Å². The highest BCUT2D eigenvalue weighted by Gasteiger charge is 2.08. The van der Waals surface area contributed by atoms with Crippen LogP contribution in [0.3, 0.4) is 0 Å². The second kappa shape index (κ2) is 8.22. The van der Waals surface area contributed by atoms with Gasteiger partial charge in [-0.05, 0) is 56.4 Å². The average Bonchev–Trinajstić information content (AvgIpc) is 2.51. The number of pyridine rings is 1. The average molecular weight is 314 g/mol. The van der Waals surface area contributed by atoms with Crippen molar-refractivity contribution in [2.75, 3.05) is 6.54 Å². The Morgan fingerprint density at radius 1 is 1.22 bits per heavy atom. The largest absolute Gasteiger partial charge is 0.356 e. The standard InChI is InChI=1S/C17H22N4O2/c1-12-15(13(2)21-17(23)20-12)5-6-16(22)19-9-3-4-14-7-10-18-11-8-14/h7-8,10-11H,3-6,9H2,1-2H3,(H,19,22)(H,20,21,23). The van der Waals surface area contributed by atoms with E-state index in [1.165, 1.54) is 5.56 Å². The van der Waals surface area contributed by atoms with Gasteiger partial charge in [0.05, 0.1) is 0 Å². The maximum absolute atomic E-state index is 11.9. The smallest absolute Gasteiger partial charge is 0.345 e. The van der Waals surface area contributed by atoms with Crippen molar-refractivity contribution in [1.29, 1.82) is 0 Å². The van der Waals surface area contributed by atoms with Crippen LogP contribution in [0.4, 0.5) is 0 Å². The van der Waals surface area contributed by atoms with Gasteiger partial charge >= 0.3 is 5.69 Å². The number of hydrogen-bond donors (Lipinski definition) is 2. The fraction of sp³-hybridized carbons (Fsp3) is 0.412. The Morgan fingerprint density at radius 3 is 2.65 bits per heavy atom. The number of aryl methyl sites for hydroxylation is 3. The number of aromatic nitrogens is 3. The van der Waals surface area contributed by atoms with Crippen molar-refractivity contribution < 1.29 is 4.79 Å². The lowest BCUT2D eigenvalue weighted by atomic mass is 10.1. The third kappa shape index (κ3) is 5.32. The van der Waals surface area contributed by atoms with Crippen LogP contribution in [-0.2, 0) is 17.6 Å². The van der Waals surface area contributed by atoms with E-state index in [0.29, 0.717) is 25.1 Å². The van der Waals surface area contributed by atoms with Crippen LogP contribution in [0.2, 0.25) is 0 Å². The maximum Gasteiger partial charge on any atom is 0.345 e. The van der Waals surface area contributed by atoms with E-state index in [2.05, 4.69) is 20.3 Å². The van der Waals surface area contributed by atoms with Gasteiger partial charge in [-0.1, -0.05) is 0 Å². The van der Waals surface area contributed by atoms with Gasteiger partial charge in [0, 0.05) is 36.7 Å². The quantitative estimate of drug-likeness (QED) is 0.757. The minimum absolute atomic E-state index is 0.0183. The predicted octanol–water partition coefficient (Wildman–Crippen LogP) is 1.46. The molecule has 0 aromatic carbocycles. The fourth-order valence-corrected chi connectivity index (χ4v) is 2.52. The van der Waals surface area contributed by atoms with Crippen molar-refractivity contribution in [2.45, 2.75) is 39.5 Å². The van der Waals surface area contributed by atoms with Gasteiger partial charge in [0.2, 0.25) is 5.91 Å². The molecule has 2 rings (SSSR count). The second-order valence-electron chi connectivity index (χ2n) is 5.54. The Kier molecular flexibility index (Phi) is 6.02. The predicted molar refractivity (Wildman–Crippen MR) is 88.2 cm³/mol. The fourth-order valence-electron chi connectivity index (χ4n) is 2.52. The van der Waals surface area contributed by atoms with Gasteiger partial charge in [0.25, 0.3) is 0 Å². The summed E-state index contributed by atoms with van der Waals surface area (Å²) < 4.78 is 0. The zero-order chi connectivity index (χ0) is 16.7. The monoisotopic (exact) mass is 314 g/mol. The van der Waals surface area contributed by atoms with Gasteiger partial charge in [0.1, 0.15) is 0 Å². The van der Waals surface area contributed by atoms with Gasteiger partial charge in [-0.25, -0.2) is 4.79 Å². The summed E-state index contributed by atoms with van der Waals surface area (Å²) in [6.45, 7) is 4.28. The summed E-state index contributed by atoms with van der Waals surface area (Å²) in [4.78, 5) is 33.7. The van der Waals surface area contributed by atoms with E-state index >= 15 is 0 Å². The molecule has 2 aromatic heterocycles. The Balaban J connectivity index is 1.72. The number of carbonyl (C=O) groups is 1. The molecule has 0 bridgehead atoms. The highest BCUT2D eigenvalue weighted by Crippen LogP contribution is 2.09. The van der Waals surface area contributed by atoms with Crippen molar-refractivity contribution in [1.82, 2.24) is 20.3 Å². The zero-order valence-corrected chi connectivity index (χ0v) is 13.6. The Hall–Kier alpha value is -2.50. The molecular formula is C17H22N4O2. The Morgan fingerprint density at radius 2 is 1.96 bits per heavy atom. The molecule has 0 aliphatic rings. The van der Waals surface area contributed by atoms with Crippen LogP contribution in [0, 0.1) is 13.8 Å². The summed E-state index contributed by atoms with van der Waals surface area (Å²) in [5.41, 5.74) is 3.30. The minimum Gasteiger partial charge on any atom is -0.356 e. The van der Waals surface area contributed by atoms with Crippen LogP contribution in [0.25, 0.3) is 0 Å². The molecule has 2 heterocycles. The van der Waals surface area contributed by atoms with Gasteiger partial charge in [-0.2, -0.15) is 4.98 Å². The van der Waals surface area contributed by atoms with Crippen LogP contribution >= 0.6 is 0 Å². The first kappa shape index (κ1) is 16.9. The first-order valence-electron chi connectivity index (χ1n) is 7.78. The Bertz CT molecular complexity index is 684. The summed E-state index contributed by atoms with van der Waals surface area (Å²) in [5, 5.41) is 2.93. The second-order valence-corrected chi connectivity index (χ2v) is 5.54. The van der Waals surface area contributed by atoms with E-state index in [-0.39, 0.29) is 11.6 Å². The first-order valence-corrected chi connectivity index (χ1v) is 7.78. The Labute approximate surface area is 135 Å². The molecule has 2 aromatic rings. The van der Waals surface area contributed by atoms with Crippen molar-refractivity contribution in [2.24, 2.45) is 0 Å². The van der Waals surface area contributed by atoms with Gasteiger partial charge < -0.3 is 10.3 Å². The number of hydrogen-bond acceptors (Lipinski definition) is 4. The molecule has 1 amide bonds. The third-order valence-corrected chi connectivity index (χ3v) is 3.77. The summed E-state index contributed by atoms with van der Waals surface area (Å²) in [7, 11) is 0. The SMILES string of the molecule is Cc1nc(=O)[nH]c(C)c1CCC(=O)NCCCc1ccncc1. The number of H-pyrrole nitrogens is 1. The molecule has 0 spiro atoms. The van der Waals surface area contributed by atoms with E-state index in [1.807, 2.05) is 19.1 Å². The third-order valence-electron chi connectivity index (χ3n) is 3.77. The molecule has 23 heavy (non-hydrogen) atoms. The minimum atomic E-state index is -0.343. The molecule has 0 unspecified atom stereocenters. The summed E-state index contributed by atoms with van der Waals surface area (Å²) in [5.74, 6) is 0.0183. The molecule has 0 saturated heterocycles. The number of nitrogens with zero attached hydrogens (tertiary/aromatic N) is 2. The van der Waals surface area contributed by atoms with Crippen LogP contribution in [-0.4, -0.2) is 27.4 Å². The molecule has 0 aliphatic carbocycles. The zero-order valence-electron chi connectivity index (χ0n) is 13.6. The molecule has 0 atom stereocenters. The van der Waals surface area contributed by atoms with Crippen LogP contribution in [0.1, 0.15) is 35.4 Å². The van der Waals surface area contributed by atoms with Crippen molar-refractivity contribution >= 4 is 5.91 Å². The molecule has 2 N–H and O–H groups in total. The molecule has 6 heteroatoms. The molecule has 122 valence electrons. The maximum atomic E-state index is 11.9. The van der Waals surface area contributed by atoms with Crippen LogP contribution < -0.4 is 11.0 Å². The number of amides is 1. The first-order chi connectivity index (χ1) is 11.1. The lowest BCUT2D eigenvalue weighted by Crippen LogP contribution is -2.25. The van der Waals surface area contributed by atoms with Gasteiger partial charge in [-0.3, -0.25) is 9.78 Å². The van der Waals surface area contributed by atoms with E-state index in [4.69, 9.17) is 0 Å². The van der Waals surface area contributed by atoms with Crippen molar-refractivity contribution in [3.05, 3.63) is 57.5 Å². The number of nitrogens with one attached hydrogen (secondary N) is 2. The van der Waals surface area contributed by atoms with Crippen molar-refractivity contribution in [3.63, 3.8) is 0 Å². The number of rotatable bonds is 7. The summed E-state index contributed by atoms with van der Waals surface area (Å²) >= 11 is 0. The number of carbonyl (C=O) groups excluding carboxylic acids is 1. The number of aromatic amines is 1. The lowest BCUT2D eigenvalue weighted by molar-refractivity contribution is -0.121. The molecule has 0 aliphatic heterocycles. The van der Waals surface area contributed by atoms with E-state index in [0.717, 1.165) is 24.1 Å². The molecule has 0 saturated carbocycles. The topological polar surface area (TPSA) is 87.7 Å². The van der Waals surface area contributed by atoms with Gasteiger partial charge in [-0.15, -0.1) is 0 Å². The summed E-state index contributed by atoms with van der Waals surface area (Å²) in [6.07, 6.45) is 6.34. The van der Waals surface area contributed by atoms with Gasteiger partial charge in [0.15, 0.2) is 0 Å². The van der Waals surface area contributed by atoms with Crippen LogP contribution in [0.5, 0.6) is 0 Å². The molecule has 0 radical (unpaired) electrons. The van der Waals surface area contributed by atoms with Crippen LogP contribution in [0.15, 0.2) is 29.3 Å².